The summed E-state index contributed by atoms with van der Waals surface area (Å²) in [6.07, 6.45) is 2.48. The first-order valence-electron chi connectivity index (χ1n) is 5.97. The minimum atomic E-state index is -0.0235. The van der Waals surface area contributed by atoms with Crippen molar-refractivity contribution in [2.45, 2.75) is 32.4 Å². The molecule has 17 heavy (non-hydrogen) atoms. The molecular weight excluding hydrogens is 234 g/mol. The molecule has 2 unspecified atom stereocenters. The van der Waals surface area contributed by atoms with E-state index in [0.29, 0.717) is 17.3 Å². The topological polar surface area (TPSA) is 57.8 Å². The van der Waals surface area contributed by atoms with Crippen molar-refractivity contribution < 1.29 is 0 Å². The van der Waals surface area contributed by atoms with E-state index in [1.54, 1.807) is 0 Å². The van der Waals surface area contributed by atoms with E-state index in [0.717, 1.165) is 17.3 Å². The number of H-pyrrole nitrogens is 1. The monoisotopic (exact) mass is 249 g/mol. The van der Waals surface area contributed by atoms with Gasteiger partial charge in [0.25, 0.3) is 5.56 Å². The molecule has 2 heterocycles. The molecule has 1 aliphatic rings. The van der Waals surface area contributed by atoms with Gasteiger partial charge in [0.05, 0.1) is 12.1 Å². The van der Waals surface area contributed by atoms with Gasteiger partial charge in [0.15, 0.2) is 0 Å². The Morgan fingerprint density at radius 1 is 1.65 bits per heavy atom. The van der Waals surface area contributed by atoms with Crippen molar-refractivity contribution in [3.63, 3.8) is 0 Å². The fourth-order valence-corrected chi connectivity index (χ4v) is 2.91. The number of rotatable bonds is 4. The molecule has 0 bridgehead atoms. The van der Waals surface area contributed by atoms with Gasteiger partial charge < -0.3 is 10.3 Å². The van der Waals surface area contributed by atoms with Crippen LogP contribution in [0.2, 0.25) is 0 Å². The SMILES string of the molecule is CCC1CC1NCc1nc2ccsc2c(=O)[nH]1. The smallest absolute Gasteiger partial charge is 0.268 e. The highest BCUT2D eigenvalue weighted by Crippen LogP contribution is 2.33. The molecule has 1 aliphatic carbocycles. The number of thiophene rings is 1. The van der Waals surface area contributed by atoms with Crippen LogP contribution in [-0.4, -0.2) is 16.0 Å². The molecule has 4 nitrogen and oxygen atoms in total. The van der Waals surface area contributed by atoms with Crippen LogP contribution in [0, 0.1) is 5.92 Å². The molecule has 0 spiro atoms. The van der Waals surface area contributed by atoms with Gasteiger partial charge in [-0.05, 0) is 23.8 Å². The fourth-order valence-electron chi connectivity index (χ4n) is 2.18. The maximum absolute atomic E-state index is 11.7. The highest BCUT2D eigenvalue weighted by atomic mass is 32.1. The van der Waals surface area contributed by atoms with Gasteiger partial charge in [-0.1, -0.05) is 13.3 Å². The molecule has 3 rings (SSSR count). The van der Waals surface area contributed by atoms with Crippen LogP contribution in [0.3, 0.4) is 0 Å². The molecule has 0 aromatic carbocycles. The van der Waals surface area contributed by atoms with Gasteiger partial charge in [-0.2, -0.15) is 0 Å². The Bertz CT molecular complexity index is 589. The summed E-state index contributed by atoms with van der Waals surface area (Å²) in [6, 6.07) is 2.51. The van der Waals surface area contributed by atoms with Gasteiger partial charge in [0.1, 0.15) is 10.5 Å². The number of aromatic amines is 1. The lowest BCUT2D eigenvalue weighted by molar-refractivity contribution is 0.606. The fraction of sp³-hybridized carbons (Fsp3) is 0.500. The van der Waals surface area contributed by atoms with E-state index < -0.39 is 0 Å². The Morgan fingerprint density at radius 2 is 2.53 bits per heavy atom. The predicted molar refractivity (Wildman–Crippen MR) is 69.3 cm³/mol. The molecule has 2 N–H and O–H groups in total. The maximum atomic E-state index is 11.7. The van der Waals surface area contributed by atoms with Gasteiger partial charge in [0.2, 0.25) is 0 Å². The Morgan fingerprint density at radius 3 is 3.29 bits per heavy atom. The summed E-state index contributed by atoms with van der Waals surface area (Å²) >= 11 is 1.44. The maximum Gasteiger partial charge on any atom is 0.268 e. The average molecular weight is 249 g/mol. The second kappa shape index (κ2) is 4.23. The minimum absolute atomic E-state index is 0.0235. The summed E-state index contributed by atoms with van der Waals surface area (Å²) < 4.78 is 0.714. The van der Waals surface area contributed by atoms with Crippen molar-refractivity contribution in [3.05, 3.63) is 27.6 Å². The van der Waals surface area contributed by atoms with Gasteiger partial charge in [-0.3, -0.25) is 4.79 Å². The second-order valence-corrected chi connectivity index (χ2v) is 5.46. The minimum Gasteiger partial charge on any atom is -0.308 e. The van der Waals surface area contributed by atoms with E-state index >= 15 is 0 Å². The first kappa shape index (κ1) is 10.9. The van der Waals surface area contributed by atoms with Crippen LogP contribution in [0.25, 0.3) is 10.2 Å². The largest absolute Gasteiger partial charge is 0.308 e. The van der Waals surface area contributed by atoms with Crippen LogP contribution in [0.15, 0.2) is 16.2 Å². The molecule has 5 heteroatoms. The molecule has 2 aromatic heterocycles. The van der Waals surface area contributed by atoms with Crippen molar-refractivity contribution in [1.29, 1.82) is 0 Å². The highest BCUT2D eigenvalue weighted by Gasteiger charge is 2.34. The van der Waals surface area contributed by atoms with Crippen molar-refractivity contribution in [3.8, 4) is 0 Å². The van der Waals surface area contributed by atoms with E-state index in [4.69, 9.17) is 0 Å². The van der Waals surface area contributed by atoms with Crippen molar-refractivity contribution in [2.75, 3.05) is 0 Å². The number of nitrogens with zero attached hydrogens (tertiary/aromatic N) is 1. The molecule has 2 aromatic rings. The van der Waals surface area contributed by atoms with E-state index in [1.165, 1.54) is 24.2 Å². The van der Waals surface area contributed by atoms with Crippen LogP contribution in [0.4, 0.5) is 0 Å². The molecular formula is C12H15N3OS. The third-order valence-electron chi connectivity index (χ3n) is 3.34. The van der Waals surface area contributed by atoms with Crippen LogP contribution in [-0.2, 0) is 6.54 Å². The van der Waals surface area contributed by atoms with Gasteiger partial charge in [0, 0.05) is 6.04 Å². The number of nitrogens with one attached hydrogen (secondary N) is 2. The predicted octanol–water partition coefficient (Wildman–Crippen LogP) is 1.87. The van der Waals surface area contributed by atoms with Gasteiger partial charge in [-0.25, -0.2) is 4.98 Å². The van der Waals surface area contributed by atoms with Crippen LogP contribution >= 0.6 is 11.3 Å². The molecule has 1 saturated carbocycles. The standard InChI is InChI=1S/C12H15N3OS/c1-2-7-5-9(7)13-6-10-14-8-3-4-17-11(8)12(16)15-10/h3-4,7,9,13H,2,5-6H2,1H3,(H,14,15,16). The zero-order chi connectivity index (χ0) is 11.8. The van der Waals surface area contributed by atoms with Crippen LogP contribution in [0.1, 0.15) is 25.6 Å². The van der Waals surface area contributed by atoms with E-state index in [1.807, 2.05) is 11.4 Å². The van der Waals surface area contributed by atoms with Crippen molar-refractivity contribution >= 4 is 21.6 Å². The zero-order valence-electron chi connectivity index (χ0n) is 9.69. The normalized spacial score (nSPS) is 23.1. The molecule has 0 amide bonds. The second-order valence-electron chi connectivity index (χ2n) is 4.54. The Balaban J connectivity index is 1.75. The third-order valence-corrected chi connectivity index (χ3v) is 4.24. The number of hydrogen-bond donors (Lipinski definition) is 2. The summed E-state index contributed by atoms with van der Waals surface area (Å²) in [5.41, 5.74) is 0.781. The van der Waals surface area contributed by atoms with Crippen molar-refractivity contribution in [2.24, 2.45) is 5.92 Å². The lowest BCUT2D eigenvalue weighted by Gasteiger charge is -2.03. The molecule has 1 fully saturated rings. The molecule has 0 radical (unpaired) electrons. The van der Waals surface area contributed by atoms with Crippen LogP contribution < -0.4 is 10.9 Å². The number of hydrogen-bond acceptors (Lipinski definition) is 4. The summed E-state index contributed by atoms with van der Waals surface area (Å²) in [5.74, 6) is 1.55. The molecule has 2 atom stereocenters. The molecule has 90 valence electrons. The zero-order valence-corrected chi connectivity index (χ0v) is 10.5. The molecule has 0 saturated heterocycles. The first-order chi connectivity index (χ1) is 8.28. The Labute approximate surface area is 103 Å². The summed E-state index contributed by atoms with van der Waals surface area (Å²) in [7, 11) is 0. The summed E-state index contributed by atoms with van der Waals surface area (Å²) in [6.45, 7) is 2.87. The Hall–Kier alpha value is -1.20. The summed E-state index contributed by atoms with van der Waals surface area (Å²) in [4.78, 5) is 19.0. The Kier molecular flexibility index (Phi) is 2.72. The van der Waals surface area contributed by atoms with E-state index in [-0.39, 0.29) is 5.56 Å². The van der Waals surface area contributed by atoms with Gasteiger partial charge >= 0.3 is 0 Å². The van der Waals surface area contributed by atoms with E-state index in [2.05, 4.69) is 22.2 Å². The number of fused-ring (bicyclic) bond motifs is 1. The average Bonchev–Trinajstić information content (AvgIpc) is 2.93. The quantitative estimate of drug-likeness (QED) is 0.869. The molecule has 0 aliphatic heterocycles. The van der Waals surface area contributed by atoms with E-state index in [9.17, 15) is 4.79 Å². The number of aromatic nitrogens is 2. The van der Waals surface area contributed by atoms with Gasteiger partial charge in [-0.15, -0.1) is 11.3 Å². The van der Waals surface area contributed by atoms with Crippen molar-refractivity contribution in [1.82, 2.24) is 15.3 Å². The lowest BCUT2D eigenvalue weighted by atomic mass is 10.3. The summed E-state index contributed by atoms with van der Waals surface area (Å²) in [5, 5.41) is 5.33. The highest BCUT2D eigenvalue weighted by molar-refractivity contribution is 7.17. The lowest BCUT2D eigenvalue weighted by Crippen LogP contribution is -2.21. The first-order valence-corrected chi connectivity index (χ1v) is 6.85. The van der Waals surface area contributed by atoms with Crippen LogP contribution in [0.5, 0.6) is 0 Å². The third kappa shape index (κ3) is 2.12.